The van der Waals surface area contributed by atoms with Gasteiger partial charge in [0.1, 0.15) is 10.7 Å². The Morgan fingerprint density at radius 1 is 1.08 bits per heavy atom. The molecule has 0 aromatic rings. The number of hydrogen-bond acceptors (Lipinski definition) is 5. The first-order valence-electron chi connectivity index (χ1n) is 4.11. The van der Waals surface area contributed by atoms with Crippen molar-refractivity contribution in [3.05, 3.63) is 0 Å². The Morgan fingerprint density at radius 3 is 1.92 bits per heavy atom. The van der Waals surface area contributed by atoms with Crippen molar-refractivity contribution in [3.63, 3.8) is 0 Å². The normalized spacial score (nSPS) is 35.7. The van der Waals surface area contributed by atoms with Crippen LogP contribution in [-0.2, 0) is 4.79 Å². The zero-order valence-corrected chi connectivity index (χ0v) is 8.34. The van der Waals surface area contributed by atoms with Crippen molar-refractivity contribution >= 4 is 29.3 Å². The molecule has 2 heterocycles. The molecule has 2 unspecified atom stereocenters. The highest BCUT2D eigenvalue weighted by atomic mass is 32.2. The molecule has 0 saturated carbocycles. The van der Waals surface area contributed by atoms with Gasteiger partial charge in [0.15, 0.2) is 5.78 Å². The summed E-state index contributed by atoms with van der Waals surface area (Å²) in [5.74, 6) is 2.45. The van der Waals surface area contributed by atoms with Crippen molar-refractivity contribution in [2.24, 2.45) is 0 Å². The molecule has 2 aliphatic rings. The van der Waals surface area contributed by atoms with Crippen molar-refractivity contribution in [2.45, 2.75) is 10.7 Å². The third-order valence-electron chi connectivity index (χ3n) is 1.95. The van der Waals surface area contributed by atoms with Gasteiger partial charge >= 0.3 is 0 Å². The first kappa shape index (κ1) is 8.87. The average Bonchev–Trinajstić information content (AvgIpc) is 2.77. The molecule has 2 atom stereocenters. The molecule has 0 radical (unpaired) electrons. The van der Waals surface area contributed by atoms with Gasteiger partial charge < -0.3 is 0 Å². The quantitative estimate of drug-likeness (QED) is 0.656. The highest BCUT2D eigenvalue weighted by molar-refractivity contribution is 8.02. The summed E-state index contributed by atoms with van der Waals surface area (Å²) in [6.45, 7) is 1.94. The zero-order chi connectivity index (χ0) is 8.39. The standard InChI is InChI=1S/C7H12N2OS2/c10-5(6-8-1-3-11-6)7-9-2-4-12-7/h6-9H,1-4H2. The first-order chi connectivity index (χ1) is 5.88. The van der Waals surface area contributed by atoms with E-state index in [1.807, 2.05) is 0 Å². The van der Waals surface area contributed by atoms with E-state index in [2.05, 4.69) is 10.6 Å². The van der Waals surface area contributed by atoms with Crippen molar-refractivity contribution in [1.82, 2.24) is 10.6 Å². The average molecular weight is 204 g/mol. The lowest BCUT2D eigenvalue weighted by Crippen LogP contribution is -2.40. The van der Waals surface area contributed by atoms with E-state index in [1.54, 1.807) is 23.5 Å². The number of ketones is 1. The van der Waals surface area contributed by atoms with Gasteiger partial charge in [-0.1, -0.05) is 0 Å². The molecule has 2 N–H and O–H groups in total. The van der Waals surface area contributed by atoms with Gasteiger partial charge in [-0.15, -0.1) is 23.5 Å². The van der Waals surface area contributed by atoms with Crippen molar-refractivity contribution < 1.29 is 4.79 Å². The predicted molar refractivity (Wildman–Crippen MR) is 53.5 cm³/mol. The molecule has 0 amide bonds. The molecule has 0 aromatic carbocycles. The third kappa shape index (κ3) is 1.79. The largest absolute Gasteiger partial charge is 0.298 e. The van der Waals surface area contributed by atoms with Gasteiger partial charge in [-0.2, -0.15) is 0 Å². The summed E-state index contributed by atoms with van der Waals surface area (Å²) >= 11 is 3.45. The molecular weight excluding hydrogens is 192 g/mol. The molecule has 5 heteroatoms. The topological polar surface area (TPSA) is 41.1 Å². The fourth-order valence-electron chi connectivity index (χ4n) is 1.35. The van der Waals surface area contributed by atoms with Gasteiger partial charge in [-0.25, -0.2) is 0 Å². The van der Waals surface area contributed by atoms with Crippen LogP contribution in [-0.4, -0.2) is 41.1 Å². The molecule has 3 nitrogen and oxygen atoms in total. The number of carbonyl (C=O) groups is 1. The van der Waals surface area contributed by atoms with E-state index in [4.69, 9.17) is 0 Å². The van der Waals surface area contributed by atoms with E-state index in [0.717, 1.165) is 24.6 Å². The van der Waals surface area contributed by atoms with Gasteiger partial charge in [0.05, 0.1) is 0 Å². The van der Waals surface area contributed by atoms with E-state index in [9.17, 15) is 4.79 Å². The molecule has 2 saturated heterocycles. The number of rotatable bonds is 2. The minimum absolute atomic E-state index is 0.0492. The Labute approximate surface area is 80.4 Å². The van der Waals surface area contributed by atoms with Crippen LogP contribution < -0.4 is 10.6 Å². The minimum atomic E-state index is 0.0492. The van der Waals surface area contributed by atoms with E-state index in [0.29, 0.717) is 5.78 Å². The van der Waals surface area contributed by atoms with E-state index in [-0.39, 0.29) is 10.7 Å². The van der Waals surface area contributed by atoms with Crippen LogP contribution in [0.15, 0.2) is 0 Å². The van der Waals surface area contributed by atoms with Crippen LogP contribution >= 0.6 is 23.5 Å². The summed E-state index contributed by atoms with van der Waals surface area (Å²) in [6, 6.07) is 0. The second-order valence-electron chi connectivity index (χ2n) is 2.81. The molecule has 0 aromatic heterocycles. The van der Waals surface area contributed by atoms with Crippen LogP contribution in [0.4, 0.5) is 0 Å². The Balaban J connectivity index is 1.89. The van der Waals surface area contributed by atoms with Crippen LogP contribution in [0.3, 0.4) is 0 Å². The summed E-state index contributed by atoms with van der Waals surface area (Å²) in [5.41, 5.74) is 0. The SMILES string of the molecule is O=C(C1NCCS1)C1NCCS1. The lowest BCUT2D eigenvalue weighted by atomic mass is 10.3. The fourth-order valence-corrected chi connectivity index (χ4v) is 3.46. The monoisotopic (exact) mass is 204 g/mol. The van der Waals surface area contributed by atoms with E-state index >= 15 is 0 Å². The number of carbonyl (C=O) groups excluding carboxylic acids is 1. The molecule has 2 aliphatic heterocycles. The zero-order valence-electron chi connectivity index (χ0n) is 6.71. The Morgan fingerprint density at radius 2 is 1.58 bits per heavy atom. The second kappa shape index (κ2) is 4.00. The van der Waals surface area contributed by atoms with Gasteiger partial charge in [-0.3, -0.25) is 15.4 Å². The predicted octanol–water partition coefficient (Wildman–Crippen LogP) is -0.119. The molecule has 0 bridgehead atoms. The summed E-state index contributed by atoms with van der Waals surface area (Å²) in [7, 11) is 0. The second-order valence-corrected chi connectivity index (χ2v) is 5.24. The molecule has 12 heavy (non-hydrogen) atoms. The van der Waals surface area contributed by atoms with Crippen molar-refractivity contribution in [3.8, 4) is 0 Å². The van der Waals surface area contributed by atoms with Crippen molar-refractivity contribution in [2.75, 3.05) is 24.6 Å². The van der Waals surface area contributed by atoms with Gasteiger partial charge in [0, 0.05) is 24.6 Å². The molecule has 0 aliphatic carbocycles. The van der Waals surface area contributed by atoms with Crippen LogP contribution in [0.2, 0.25) is 0 Å². The Kier molecular flexibility index (Phi) is 2.96. The van der Waals surface area contributed by atoms with Crippen LogP contribution in [0.1, 0.15) is 0 Å². The fraction of sp³-hybridized carbons (Fsp3) is 0.857. The first-order valence-corrected chi connectivity index (χ1v) is 6.21. The molecule has 68 valence electrons. The van der Waals surface area contributed by atoms with Crippen LogP contribution in [0, 0.1) is 0 Å². The van der Waals surface area contributed by atoms with Crippen LogP contribution in [0.5, 0.6) is 0 Å². The van der Waals surface area contributed by atoms with E-state index < -0.39 is 0 Å². The summed E-state index contributed by atoms with van der Waals surface area (Å²) in [6.07, 6.45) is 0. The highest BCUT2D eigenvalue weighted by Crippen LogP contribution is 2.22. The maximum Gasteiger partial charge on any atom is 0.186 e. The smallest absolute Gasteiger partial charge is 0.186 e. The highest BCUT2D eigenvalue weighted by Gasteiger charge is 2.31. The molecule has 2 fully saturated rings. The summed E-state index contributed by atoms with van der Waals surface area (Å²) in [5, 5.41) is 6.48. The van der Waals surface area contributed by atoms with Gasteiger partial charge in [0.25, 0.3) is 0 Å². The molecular formula is C7H12N2OS2. The maximum atomic E-state index is 11.7. The Bertz CT molecular complexity index is 158. The van der Waals surface area contributed by atoms with E-state index in [1.165, 1.54) is 0 Å². The molecule has 0 spiro atoms. The molecule has 2 rings (SSSR count). The number of thioether (sulfide) groups is 2. The lowest BCUT2D eigenvalue weighted by Gasteiger charge is -2.13. The van der Waals surface area contributed by atoms with Gasteiger partial charge in [-0.05, 0) is 0 Å². The summed E-state index contributed by atoms with van der Waals surface area (Å²) in [4.78, 5) is 11.7. The van der Waals surface area contributed by atoms with Gasteiger partial charge in [0.2, 0.25) is 0 Å². The number of nitrogens with one attached hydrogen (secondary N) is 2. The minimum Gasteiger partial charge on any atom is -0.298 e. The van der Waals surface area contributed by atoms with Crippen LogP contribution in [0.25, 0.3) is 0 Å². The number of Topliss-reactive ketones (excluding diaryl/α,β-unsaturated/α-hetero) is 1. The third-order valence-corrected chi connectivity index (χ3v) is 4.29. The Hall–Kier alpha value is 0.290. The maximum absolute atomic E-state index is 11.7. The number of hydrogen-bond donors (Lipinski definition) is 2. The lowest BCUT2D eigenvalue weighted by molar-refractivity contribution is -0.118. The summed E-state index contributed by atoms with van der Waals surface area (Å²) < 4.78 is 0. The van der Waals surface area contributed by atoms with Crippen molar-refractivity contribution in [1.29, 1.82) is 0 Å².